The molecule has 2 rings (SSSR count). The van der Waals surface area contributed by atoms with Gasteiger partial charge >= 0.3 is 5.97 Å². The molecule has 2 aromatic rings. The highest BCUT2D eigenvalue weighted by Crippen LogP contribution is 2.23. The van der Waals surface area contributed by atoms with Gasteiger partial charge in [-0.1, -0.05) is 42.5 Å². The van der Waals surface area contributed by atoms with Crippen molar-refractivity contribution in [2.45, 2.75) is 25.7 Å². The molecule has 0 aliphatic heterocycles. The van der Waals surface area contributed by atoms with Crippen LogP contribution in [0.25, 0.3) is 11.1 Å². The fourth-order valence-electron chi connectivity index (χ4n) is 2.14. The Morgan fingerprint density at radius 3 is 2.43 bits per heavy atom. The van der Waals surface area contributed by atoms with Crippen molar-refractivity contribution in [2.75, 3.05) is 6.61 Å². The third kappa shape index (κ3) is 5.30. The quantitative estimate of drug-likeness (QED) is 0.732. The highest BCUT2D eigenvalue weighted by atomic mass is 16.5. The lowest BCUT2D eigenvalue weighted by molar-refractivity contribution is -0.137. The third-order valence-electron chi connectivity index (χ3n) is 3.24. The minimum absolute atomic E-state index is 0.240. The Balaban J connectivity index is 1.81. The number of rotatable bonds is 8. The van der Waals surface area contributed by atoms with E-state index in [1.807, 2.05) is 36.4 Å². The number of carboxylic acids is 1. The summed E-state index contributed by atoms with van der Waals surface area (Å²) in [4.78, 5) is 10.4. The van der Waals surface area contributed by atoms with Crippen molar-refractivity contribution in [3.8, 4) is 16.9 Å². The summed E-state index contributed by atoms with van der Waals surface area (Å²) in [6, 6.07) is 18.2. The van der Waals surface area contributed by atoms with E-state index in [2.05, 4.69) is 18.2 Å². The average molecular weight is 284 g/mol. The van der Waals surface area contributed by atoms with Gasteiger partial charge in [0.2, 0.25) is 0 Å². The van der Waals surface area contributed by atoms with Crippen LogP contribution >= 0.6 is 0 Å². The molecule has 3 heteroatoms. The first-order chi connectivity index (χ1) is 10.3. The number of carbonyl (C=O) groups is 1. The Hall–Kier alpha value is -2.29. The fourth-order valence-corrected chi connectivity index (χ4v) is 2.14. The maximum Gasteiger partial charge on any atom is 0.303 e. The average Bonchev–Trinajstić information content (AvgIpc) is 2.52. The van der Waals surface area contributed by atoms with Crippen LogP contribution < -0.4 is 4.74 Å². The van der Waals surface area contributed by atoms with Gasteiger partial charge in [-0.2, -0.15) is 0 Å². The second kappa shape index (κ2) is 8.10. The lowest BCUT2D eigenvalue weighted by atomic mass is 10.1. The van der Waals surface area contributed by atoms with E-state index >= 15 is 0 Å². The van der Waals surface area contributed by atoms with Gasteiger partial charge < -0.3 is 9.84 Å². The molecular formula is C18H20O3. The van der Waals surface area contributed by atoms with E-state index in [4.69, 9.17) is 9.84 Å². The summed E-state index contributed by atoms with van der Waals surface area (Å²) in [7, 11) is 0. The van der Waals surface area contributed by atoms with Gasteiger partial charge in [0.1, 0.15) is 5.75 Å². The highest BCUT2D eigenvalue weighted by Gasteiger charge is 2.00. The lowest BCUT2D eigenvalue weighted by Gasteiger charge is -2.08. The molecule has 0 bridgehead atoms. The van der Waals surface area contributed by atoms with Crippen LogP contribution in [-0.4, -0.2) is 17.7 Å². The van der Waals surface area contributed by atoms with Crippen LogP contribution in [0, 0.1) is 0 Å². The second-order valence-electron chi connectivity index (χ2n) is 4.95. The van der Waals surface area contributed by atoms with Gasteiger partial charge in [-0.05, 0) is 42.5 Å². The van der Waals surface area contributed by atoms with Gasteiger partial charge in [-0.3, -0.25) is 4.79 Å². The maximum atomic E-state index is 10.4. The summed E-state index contributed by atoms with van der Waals surface area (Å²) < 4.78 is 5.73. The van der Waals surface area contributed by atoms with Crippen LogP contribution in [0.5, 0.6) is 5.75 Å². The molecule has 1 N–H and O–H groups in total. The van der Waals surface area contributed by atoms with Crippen molar-refractivity contribution in [2.24, 2.45) is 0 Å². The van der Waals surface area contributed by atoms with Crippen molar-refractivity contribution in [1.29, 1.82) is 0 Å². The molecule has 2 aromatic carbocycles. The predicted octanol–water partition coefficient (Wildman–Crippen LogP) is 4.38. The molecule has 0 atom stereocenters. The van der Waals surface area contributed by atoms with Crippen molar-refractivity contribution >= 4 is 5.97 Å². The fraction of sp³-hybridized carbons (Fsp3) is 0.278. The molecule has 0 unspecified atom stereocenters. The Labute approximate surface area is 125 Å². The number of hydrogen-bond donors (Lipinski definition) is 1. The minimum Gasteiger partial charge on any atom is -0.494 e. The van der Waals surface area contributed by atoms with Gasteiger partial charge in [-0.15, -0.1) is 0 Å². The van der Waals surface area contributed by atoms with Crippen molar-refractivity contribution in [1.82, 2.24) is 0 Å². The molecule has 0 aliphatic rings. The van der Waals surface area contributed by atoms with Crippen molar-refractivity contribution in [3.63, 3.8) is 0 Å². The van der Waals surface area contributed by atoms with E-state index in [0.717, 1.165) is 24.2 Å². The van der Waals surface area contributed by atoms with Gasteiger partial charge in [-0.25, -0.2) is 0 Å². The number of carboxylic acid groups (broad SMARTS) is 1. The van der Waals surface area contributed by atoms with Crippen LogP contribution in [0.4, 0.5) is 0 Å². The number of ether oxygens (including phenoxy) is 1. The Bertz CT molecular complexity index is 564. The minimum atomic E-state index is -0.730. The van der Waals surface area contributed by atoms with Gasteiger partial charge in [0.25, 0.3) is 0 Å². The molecule has 0 fully saturated rings. The summed E-state index contributed by atoms with van der Waals surface area (Å²) in [6.07, 6.45) is 2.71. The van der Waals surface area contributed by atoms with Crippen LogP contribution in [0.3, 0.4) is 0 Å². The summed E-state index contributed by atoms with van der Waals surface area (Å²) in [5.41, 5.74) is 2.31. The van der Waals surface area contributed by atoms with E-state index in [9.17, 15) is 4.79 Å². The Kier molecular flexibility index (Phi) is 5.83. The van der Waals surface area contributed by atoms with E-state index in [0.29, 0.717) is 13.0 Å². The molecule has 0 heterocycles. The molecule has 0 saturated carbocycles. The largest absolute Gasteiger partial charge is 0.494 e. The standard InChI is InChI=1S/C18H20O3/c19-18(20)12-5-2-6-13-21-17-11-7-10-16(14-17)15-8-3-1-4-9-15/h1,3-4,7-11,14H,2,5-6,12-13H2,(H,19,20). The Morgan fingerprint density at radius 2 is 1.67 bits per heavy atom. The highest BCUT2D eigenvalue weighted by molar-refractivity contribution is 5.66. The maximum absolute atomic E-state index is 10.4. The zero-order valence-electron chi connectivity index (χ0n) is 12.0. The summed E-state index contributed by atoms with van der Waals surface area (Å²) >= 11 is 0. The summed E-state index contributed by atoms with van der Waals surface area (Å²) in [5.74, 6) is 0.126. The normalized spacial score (nSPS) is 10.3. The van der Waals surface area contributed by atoms with E-state index in [1.54, 1.807) is 0 Å². The van der Waals surface area contributed by atoms with Crippen LogP contribution in [0.2, 0.25) is 0 Å². The van der Waals surface area contributed by atoms with E-state index in [-0.39, 0.29) is 6.42 Å². The molecular weight excluding hydrogens is 264 g/mol. The first-order valence-corrected chi connectivity index (χ1v) is 7.26. The number of aliphatic carboxylic acids is 1. The number of unbranched alkanes of at least 4 members (excludes halogenated alkanes) is 2. The molecule has 0 saturated heterocycles. The Morgan fingerprint density at radius 1 is 0.905 bits per heavy atom. The molecule has 21 heavy (non-hydrogen) atoms. The number of hydrogen-bond acceptors (Lipinski definition) is 2. The topological polar surface area (TPSA) is 46.5 Å². The summed E-state index contributed by atoms with van der Waals surface area (Å²) in [6.45, 7) is 0.623. The SMILES string of the molecule is O=C(O)CCCCCOc1cccc(-c2ccccc2)c1. The molecule has 0 radical (unpaired) electrons. The number of benzene rings is 2. The first-order valence-electron chi connectivity index (χ1n) is 7.26. The zero-order chi connectivity index (χ0) is 14.9. The molecule has 0 amide bonds. The van der Waals surface area contributed by atoms with Gasteiger partial charge in [0.05, 0.1) is 6.61 Å². The van der Waals surface area contributed by atoms with E-state index in [1.165, 1.54) is 5.56 Å². The molecule has 3 nitrogen and oxygen atoms in total. The zero-order valence-corrected chi connectivity index (χ0v) is 12.0. The second-order valence-corrected chi connectivity index (χ2v) is 4.95. The van der Waals surface area contributed by atoms with Gasteiger partial charge in [0, 0.05) is 6.42 Å². The van der Waals surface area contributed by atoms with Gasteiger partial charge in [0.15, 0.2) is 0 Å². The van der Waals surface area contributed by atoms with Crippen molar-refractivity contribution < 1.29 is 14.6 Å². The summed E-state index contributed by atoms with van der Waals surface area (Å²) in [5, 5.41) is 8.56. The first kappa shape index (κ1) is 15.1. The molecule has 0 aromatic heterocycles. The predicted molar refractivity (Wildman–Crippen MR) is 83.5 cm³/mol. The lowest BCUT2D eigenvalue weighted by Crippen LogP contribution is -1.99. The molecule has 0 aliphatic carbocycles. The molecule has 110 valence electrons. The smallest absolute Gasteiger partial charge is 0.303 e. The van der Waals surface area contributed by atoms with Crippen LogP contribution in [-0.2, 0) is 4.79 Å². The molecule has 0 spiro atoms. The van der Waals surface area contributed by atoms with Crippen molar-refractivity contribution in [3.05, 3.63) is 54.6 Å². The van der Waals surface area contributed by atoms with E-state index < -0.39 is 5.97 Å². The third-order valence-corrected chi connectivity index (χ3v) is 3.24. The van der Waals surface area contributed by atoms with Crippen LogP contribution in [0.15, 0.2) is 54.6 Å². The van der Waals surface area contributed by atoms with Crippen LogP contribution in [0.1, 0.15) is 25.7 Å². The monoisotopic (exact) mass is 284 g/mol.